The van der Waals surface area contributed by atoms with Crippen LogP contribution in [-0.2, 0) is 6.54 Å². The van der Waals surface area contributed by atoms with Crippen LogP contribution in [0.3, 0.4) is 0 Å². The third-order valence-corrected chi connectivity index (χ3v) is 3.35. The van der Waals surface area contributed by atoms with Crippen molar-refractivity contribution in [3.8, 4) is 0 Å². The first-order chi connectivity index (χ1) is 8.56. The van der Waals surface area contributed by atoms with Gasteiger partial charge in [-0.1, -0.05) is 23.2 Å². The standard InChI is InChI=1S/C14H14Cl2N2/c1-18(13-5-3-12(17)4-6-13)9-10-8-11(15)2-7-14(10)16/h2-8H,9,17H2,1H3. The summed E-state index contributed by atoms with van der Waals surface area (Å²) in [4.78, 5) is 2.09. The summed E-state index contributed by atoms with van der Waals surface area (Å²) in [7, 11) is 2.00. The van der Waals surface area contributed by atoms with Gasteiger partial charge in [0.15, 0.2) is 0 Å². The zero-order valence-corrected chi connectivity index (χ0v) is 11.5. The summed E-state index contributed by atoms with van der Waals surface area (Å²) in [6, 6.07) is 13.2. The number of rotatable bonds is 3. The summed E-state index contributed by atoms with van der Waals surface area (Å²) in [6.45, 7) is 0.698. The molecule has 0 radical (unpaired) electrons. The smallest absolute Gasteiger partial charge is 0.0456 e. The first kappa shape index (κ1) is 13.1. The third-order valence-electron chi connectivity index (χ3n) is 2.75. The van der Waals surface area contributed by atoms with Crippen molar-refractivity contribution in [1.29, 1.82) is 0 Å². The van der Waals surface area contributed by atoms with E-state index in [1.165, 1.54) is 0 Å². The van der Waals surface area contributed by atoms with Gasteiger partial charge in [0.1, 0.15) is 0 Å². The lowest BCUT2D eigenvalue weighted by molar-refractivity contribution is 0.923. The largest absolute Gasteiger partial charge is 0.399 e. The van der Waals surface area contributed by atoms with Gasteiger partial charge in [0.25, 0.3) is 0 Å². The van der Waals surface area contributed by atoms with Crippen molar-refractivity contribution in [1.82, 2.24) is 0 Å². The average molecular weight is 281 g/mol. The lowest BCUT2D eigenvalue weighted by Crippen LogP contribution is -2.16. The Labute approximate surface area is 117 Å². The molecule has 0 atom stereocenters. The van der Waals surface area contributed by atoms with Crippen LogP contribution in [0.2, 0.25) is 10.0 Å². The molecular weight excluding hydrogens is 267 g/mol. The highest BCUT2D eigenvalue weighted by atomic mass is 35.5. The number of hydrogen-bond acceptors (Lipinski definition) is 2. The van der Waals surface area contributed by atoms with Crippen LogP contribution < -0.4 is 10.6 Å². The van der Waals surface area contributed by atoms with Gasteiger partial charge in [-0.25, -0.2) is 0 Å². The van der Waals surface area contributed by atoms with Crippen LogP contribution in [0.25, 0.3) is 0 Å². The minimum absolute atomic E-state index is 0.695. The summed E-state index contributed by atoms with van der Waals surface area (Å²) < 4.78 is 0. The second-order valence-corrected chi connectivity index (χ2v) is 5.03. The maximum atomic E-state index is 6.15. The Bertz CT molecular complexity index is 538. The van der Waals surface area contributed by atoms with Gasteiger partial charge >= 0.3 is 0 Å². The molecule has 2 nitrogen and oxygen atoms in total. The van der Waals surface area contributed by atoms with Crippen LogP contribution in [0.5, 0.6) is 0 Å². The van der Waals surface area contributed by atoms with E-state index < -0.39 is 0 Å². The van der Waals surface area contributed by atoms with Crippen molar-refractivity contribution < 1.29 is 0 Å². The van der Waals surface area contributed by atoms with Gasteiger partial charge in [-0.05, 0) is 48.0 Å². The molecule has 0 spiro atoms. The summed E-state index contributed by atoms with van der Waals surface area (Å²) >= 11 is 12.1. The second-order valence-electron chi connectivity index (χ2n) is 4.18. The first-order valence-electron chi connectivity index (χ1n) is 5.57. The number of anilines is 2. The first-order valence-corrected chi connectivity index (χ1v) is 6.32. The summed E-state index contributed by atoms with van der Waals surface area (Å²) in [5.74, 6) is 0. The van der Waals surface area contributed by atoms with E-state index in [4.69, 9.17) is 28.9 Å². The van der Waals surface area contributed by atoms with E-state index in [1.807, 2.05) is 43.4 Å². The Kier molecular flexibility index (Phi) is 4.00. The van der Waals surface area contributed by atoms with E-state index >= 15 is 0 Å². The predicted molar refractivity (Wildman–Crippen MR) is 79.4 cm³/mol. The molecule has 0 saturated carbocycles. The lowest BCUT2D eigenvalue weighted by Gasteiger charge is -2.20. The Morgan fingerprint density at radius 1 is 1.06 bits per heavy atom. The van der Waals surface area contributed by atoms with Crippen LogP contribution in [0.15, 0.2) is 42.5 Å². The molecule has 0 unspecified atom stereocenters. The van der Waals surface area contributed by atoms with Crippen molar-refractivity contribution in [2.45, 2.75) is 6.54 Å². The monoisotopic (exact) mass is 280 g/mol. The fourth-order valence-corrected chi connectivity index (χ4v) is 2.11. The molecule has 0 aliphatic rings. The van der Waals surface area contributed by atoms with Crippen molar-refractivity contribution >= 4 is 34.6 Å². The highest BCUT2D eigenvalue weighted by molar-refractivity contribution is 6.33. The lowest BCUT2D eigenvalue weighted by atomic mass is 10.2. The number of hydrogen-bond donors (Lipinski definition) is 1. The van der Waals surface area contributed by atoms with E-state index in [9.17, 15) is 0 Å². The molecule has 0 aromatic heterocycles. The van der Waals surface area contributed by atoms with Gasteiger partial charge in [-0.15, -0.1) is 0 Å². The molecule has 0 aliphatic heterocycles. The molecule has 0 heterocycles. The number of benzene rings is 2. The molecule has 0 bridgehead atoms. The quantitative estimate of drug-likeness (QED) is 0.854. The molecule has 94 valence electrons. The third kappa shape index (κ3) is 3.09. The van der Waals surface area contributed by atoms with Gasteiger partial charge in [0.2, 0.25) is 0 Å². The predicted octanol–water partition coefficient (Wildman–Crippen LogP) is 4.21. The topological polar surface area (TPSA) is 29.3 Å². The maximum Gasteiger partial charge on any atom is 0.0456 e. The zero-order chi connectivity index (χ0) is 13.1. The molecule has 0 saturated heterocycles. The normalized spacial score (nSPS) is 10.4. The van der Waals surface area contributed by atoms with Gasteiger partial charge < -0.3 is 10.6 Å². The maximum absolute atomic E-state index is 6.15. The van der Waals surface area contributed by atoms with Gasteiger partial charge in [0, 0.05) is 35.0 Å². The number of nitrogens with two attached hydrogens (primary N) is 1. The summed E-state index contributed by atoms with van der Waals surface area (Å²) in [5.41, 5.74) is 8.51. The highest BCUT2D eigenvalue weighted by Gasteiger charge is 2.06. The van der Waals surface area contributed by atoms with Crippen molar-refractivity contribution in [3.05, 3.63) is 58.1 Å². The van der Waals surface area contributed by atoms with Crippen molar-refractivity contribution in [2.75, 3.05) is 17.7 Å². The minimum atomic E-state index is 0.695. The van der Waals surface area contributed by atoms with Crippen LogP contribution >= 0.6 is 23.2 Å². The Morgan fingerprint density at radius 3 is 2.39 bits per heavy atom. The number of halogens is 2. The van der Waals surface area contributed by atoms with Gasteiger partial charge in [-0.2, -0.15) is 0 Å². The molecule has 2 aromatic carbocycles. The molecule has 0 fully saturated rings. The molecule has 2 aromatic rings. The Morgan fingerprint density at radius 2 is 1.72 bits per heavy atom. The van der Waals surface area contributed by atoms with Crippen molar-refractivity contribution in [2.24, 2.45) is 0 Å². The summed E-state index contributed by atoms with van der Waals surface area (Å²) in [6.07, 6.45) is 0. The molecule has 2 N–H and O–H groups in total. The fraction of sp³-hybridized carbons (Fsp3) is 0.143. The van der Waals surface area contributed by atoms with Crippen molar-refractivity contribution in [3.63, 3.8) is 0 Å². The Balaban J connectivity index is 2.18. The van der Waals surface area contributed by atoms with Crippen LogP contribution in [0.1, 0.15) is 5.56 Å². The fourth-order valence-electron chi connectivity index (χ4n) is 1.74. The Hall–Kier alpha value is -1.38. The van der Waals surface area contributed by atoms with E-state index in [-0.39, 0.29) is 0 Å². The minimum Gasteiger partial charge on any atom is -0.399 e. The van der Waals surface area contributed by atoms with E-state index in [0.717, 1.165) is 22.0 Å². The van der Waals surface area contributed by atoms with Crippen LogP contribution in [0, 0.1) is 0 Å². The summed E-state index contributed by atoms with van der Waals surface area (Å²) in [5, 5.41) is 1.42. The molecule has 4 heteroatoms. The molecule has 0 aliphatic carbocycles. The van der Waals surface area contributed by atoms with E-state index in [2.05, 4.69) is 4.90 Å². The molecule has 2 rings (SSSR count). The number of nitrogens with zero attached hydrogens (tertiary/aromatic N) is 1. The molecule has 18 heavy (non-hydrogen) atoms. The van der Waals surface area contributed by atoms with Crippen LogP contribution in [-0.4, -0.2) is 7.05 Å². The van der Waals surface area contributed by atoms with Gasteiger partial charge in [0.05, 0.1) is 0 Å². The SMILES string of the molecule is CN(Cc1cc(Cl)ccc1Cl)c1ccc(N)cc1. The number of nitrogen functional groups attached to an aromatic ring is 1. The zero-order valence-electron chi connectivity index (χ0n) is 10.0. The molecule has 0 amide bonds. The average Bonchev–Trinajstić information content (AvgIpc) is 2.34. The van der Waals surface area contributed by atoms with E-state index in [1.54, 1.807) is 6.07 Å². The second kappa shape index (κ2) is 5.51. The molecular formula is C14H14Cl2N2. The van der Waals surface area contributed by atoms with Crippen LogP contribution in [0.4, 0.5) is 11.4 Å². The highest BCUT2D eigenvalue weighted by Crippen LogP contribution is 2.24. The van der Waals surface area contributed by atoms with E-state index in [0.29, 0.717) is 11.6 Å². The van der Waals surface area contributed by atoms with Gasteiger partial charge in [-0.3, -0.25) is 0 Å².